The number of azo groups is 1. The standard InChI is InChI=1S/C16H11ClN2O8S2.Cr.Na.3H2O/c17-9-6-12(16(21)14(7-9)29(25,26)27)18-19-15-11-3-2-10(28(22,23)24)5-8(11)1-4-13(15)20;;;;;/h1-7,20-21H,(H,22,23,24)(H,25,26,27);;;3*1H2/q;;+1;;;. The summed E-state index contributed by atoms with van der Waals surface area (Å²) >= 11 is 5.78. The summed E-state index contributed by atoms with van der Waals surface area (Å²) in [5.41, 5.74) is -0.534. The van der Waals surface area contributed by atoms with Gasteiger partial charge in [0.25, 0.3) is 20.2 Å². The van der Waals surface area contributed by atoms with Crippen molar-refractivity contribution in [1.29, 1.82) is 0 Å². The average Bonchev–Trinajstić information content (AvgIpc) is 2.61. The number of phenols is 2. The Morgan fingerprint density at radius 1 is 0.794 bits per heavy atom. The number of fused-ring (bicyclic) bond motifs is 1. The van der Waals surface area contributed by atoms with Crippen molar-refractivity contribution >= 4 is 54.0 Å². The first-order chi connectivity index (χ1) is 13.4. The smallest absolute Gasteiger partial charge is 0.506 e. The Labute approximate surface area is 230 Å². The van der Waals surface area contributed by atoms with E-state index in [2.05, 4.69) is 10.2 Å². The van der Waals surface area contributed by atoms with E-state index < -0.39 is 36.6 Å². The molecule has 18 heteroatoms. The zero-order chi connectivity index (χ0) is 21.6. The quantitative estimate of drug-likeness (QED) is 0.155. The van der Waals surface area contributed by atoms with Crippen LogP contribution in [0, 0.1) is 0 Å². The average molecular weight is 588 g/mol. The fourth-order valence-corrected chi connectivity index (χ4v) is 3.90. The van der Waals surface area contributed by atoms with Crippen molar-refractivity contribution < 1.29 is 99.5 Å². The Morgan fingerprint density at radius 2 is 1.38 bits per heavy atom. The molecule has 0 aliphatic rings. The van der Waals surface area contributed by atoms with Crippen LogP contribution in [0.5, 0.6) is 11.5 Å². The van der Waals surface area contributed by atoms with E-state index in [-0.39, 0.29) is 90.1 Å². The molecule has 0 aliphatic carbocycles. The number of phenolic OH excluding ortho intramolecular Hbond substituents is 2. The minimum Gasteiger partial charge on any atom is -0.506 e. The molecule has 3 aromatic rings. The fourth-order valence-electron chi connectivity index (χ4n) is 2.48. The molecule has 0 saturated carbocycles. The maximum absolute atomic E-state index is 11.3. The van der Waals surface area contributed by atoms with Crippen LogP contribution in [-0.2, 0) is 37.6 Å². The van der Waals surface area contributed by atoms with Gasteiger partial charge < -0.3 is 26.6 Å². The topological polar surface area (TPSA) is 268 Å². The number of nitrogens with zero attached hydrogens (tertiary/aromatic N) is 2. The molecule has 0 spiro atoms. The monoisotopic (exact) mass is 587 g/mol. The molecular weight excluding hydrogens is 571 g/mol. The van der Waals surface area contributed by atoms with E-state index in [0.29, 0.717) is 5.39 Å². The fraction of sp³-hybridized carbons (Fsp3) is 0. The first kappa shape index (κ1) is 37.2. The van der Waals surface area contributed by atoms with Crippen LogP contribution in [-0.4, -0.2) is 52.6 Å². The SMILES string of the molecule is O.O.O.O=S(=O)(O)c1ccc2c(N=Nc3cc(Cl)cc(S(=O)(=O)O)c3O)c(O)ccc2c1.[Cr].[Na+]. The van der Waals surface area contributed by atoms with E-state index >= 15 is 0 Å². The second-order valence-corrected chi connectivity index (χ2v) is 8.99. The second-order valence-electron chi connectivity index (χ2n) is 5.74. The molecule has 0 atom stereocenters. The Kier molecular flexibility index (Phi) is 14.9. The summed E-state index contributed by atoms with van der Waals surface area (Å²) in [6.45, 7) is 0. The van der Waals surface area contributed by atoms with E-state index in [1.54, 1.807) is 0 Å². The molecule has 13 nitrogen and oxygen atoms in total. The molecule has 0 fully saturated rings. The molecule has 3 aromatic carbocycles. The molecule has 0 amide bonds. The van der Waals surface area contributed by atoms with E-state index in [4.69, 9.17) is 20.7 Å². The minimum absolute atomic E-state index is 0. The maximum atomic E-state index is 11.3. The molecule has 0 bridgehead atoms. The molecule has 0 aromatic heterocycles. The molecule has 0 unspecified atom stereocenters. The number of benzene rings is 3. The number of aromatic hydroxyl groups is 2. The van der Waals surface area contributed by atoms with Gasteiger partial charge in [0.1, 0.15) is 22.0 Å². The van der Waals surface area contributed by atoms with Gasteiger partial charge in [0.2, 0.25) is 0 Å². The van der Waals surface area contributed by atoms with Crippen LogP contribution in [0.4, 0.5) is 11.4 Å². The number of halogens is 1. The van der Waals surface area contributed by atoms with Crippen LogP contribution >= 0.6 is 11.6 Å². The zero-order valence-electron chi connectivity index (χ0n) is 17.0. The summed E-state index contributed by atoms with van der Waals surface area (Å²) in [6, 6.07) is 7.98. The predicted octanol–water partition coefficient (Wildman–Crippen LogP) is -1.66. The van der Waals surface area contributed by atoms with Gasteiger partial charge in [-0.2, -0.15) is 16.8 Å². The van der Waals surface area contributed by atoms with Gasteiger partial charge in [-0.15, -0.1) is 10.2 Å². The Balaban J connectivity index is -0.00000192. The van der Waals surface area contributed by atoms with Gasteiger partial charge in [0.15, 0.2) is 5.75 Å². The van der Waals surface area contributed by atoms with Crippen LogP contribution in [0.3, 0.4) is 0 Å². The Bertz CT molecular complexity index is 1400. The predicted molar refractivity (Wildman–Crippen MR) is 113 cm³/mol. The van der Waals surface area contributed by atoms with Gasteiger partial charge in [0, 0.05) is 27.8 Å². The summed E-state index contributed by atoms with van der Waals surface area (Å²) in [5, 5.41) is 28.0. The van der Waals surface area contributed by atoms with Gasteiger partial charge in [-0.25, -0.2) is 0 Å². The van der Waals surface area contributed by atoms with Crippen molar-refractivity contribution in [1.82, 2.24) is 0 Å². The third kappa shape index (κ3) is 8.10. The number of hydrogen-bond donors (Lipinski definition) is 4. The molecule has 0 radical (unpaired) electrons. The van der Waals surface area contributed by atoms with Crippen molar-refractivity contribution in [2.75, 3.05) is 0 Å². The van der Waals surface area contributed by atoms with Gasteiger partial charge >= 0.3 is 29.6 Å². The van der Waals surface area contributed by atoms with Crippen molar-refractivity contribution in [2.24, 2.45) is 10.2 Å². The van der Waals surface area contributed by atoms with Crippen LogP contribution in [0.25, 0.3) is 10.8 Å². The first-order valence-corrected chi connectivity index (χ1v) is 10.8. The van der Waals surface area contributed by atoms with Crippen LogP contribution < -0.4 is 29.6 Å². The molecule has 0 saturated heterocycles. The molecule has 3 rings (SSSR count). The van der Waals surface area contributed by atoms with Crippen LogP contribution in [0.1, 0.15) is 0 Å². The molecule has 0 aliphatic heterocycles. The van der Waals surface area contributed by atoms with Crippen LogP contribution in [0.2, 0.25) is 5.02 Å². The zero-order valence-corrected chi connectivity index (χ0v) is 22.6. The van der Waals surface area contributed by atoms with Crippen LogP contribution in [0.15, 0.2) is 62.5 Å². The number of hydrogen-bond acceptors (Lipinski definition) is 8. The summed E-state index contributed by atoms with van der Waals surface area (Å²) in [7, 11) is -9.24. The third-order valence-corrected chi connectivity index (χ3v) is 5.73. The van der Waals surface area contributed by atoms with Gasteiger partial charge in [0.05, 0.1) is 4.90 Å². The van der Waals surface area contributed by atoms with Crippen molar-refractivity contribution in [3.8, 4) is 11.5 Å². The molecular formula is C16H17ClCrN2NaO11S2+. The third-order valence-electron chi connectivity index (χ3n) is 3.79. The van der Waals surface area contributed by atoms with Crippen molar-refractivity contribution in [3.63, 3.8) is 0 Å². The van der Waals surface area contributed by atoms with E-state index in [1.807, 2.05) is 0 Å². The summed E-state index contributed by atoms with van der Waals surface area (Å²) in [6.07, 6.45) is 0. The van der Waals surface area contributed by atoms with Gasteiger partial charge in [-0.05, 0) is 35.7 Å². The normalized spacial score (nSPS) is 10.8. The van der Waals surface area contributed by atoms with Gasteiger partial charge in [-0.3, -0.25) is 9.11 Å². The molecule has 34 heavy (non-hydrogen) atoms. The maximum Gasteiger partial charge on any atom is 1.00 e. The van der Waals surface area contributed by atoms with Crippen molar-refractivity contribution in [2.45, 2.75) is 9.79 Å². The number of rotatable bonds is 4. The Hall–Kier alpha value is -1.36. The van der Waals surface area contributed by atoms with E-state index in [9.17, 15) is 27.0 Å². The molecule has 0 heterocycles. The largest absolute Gasteiger partial charge is 1.00 e. The molecule has 10 N–H and O–H groups in total. The van der Waals surface area contributed by atoms with Crippen molar-refractivity contribution in [3.05, 3.63) is 47.5 Å². The Morgan fingerprint density at radius 3 is 1.91 bits per heavy atom. The molecule has 182 valence electrons. The van der Waals surface area contributed by atoms with Gasteiger partial charge in [-0.1, -0.05) is 23.7 Å². The second kappa shape index (κ2) is 13.7. The summed E-state index contributed by atoms with van der Waals surface area (Å²) in [4.78, 5) is -1.25. The summed E-state index contributed by atoms with van der Waals surface area (Å²) in [5.74, 6) is -1.26. The van der Waals surface area contributed by atoms with E-state index in [1.165, 1.54) is 18.2 Å². The minimum atomic E-state index is -4.79. The first-order valence-electron chi connectivity index (χ1n) is 7.53. The summed E-state index contributed by atoms with van der Waals surface area (Å²) < 4.78 is 63.5. The van der Waals surface area contributed by atoms with E-state index in [0.717, 1.165) is 24.3 Å².